The highest BCUT2D eigenvalue weighted by Crippen LogP contribution is 2.19. The van der Waals surface area contributed by atoms with Gasteiger partial charge >= 0.3 is 0 Å². The molecule has 0 aromatic carbocycles. The normalized spacial score (nSPS) is 15.1. The van der Waals surface area contributed by atoms with Crippen LogP contribution in [0.25, 0.3) is 0 Å². The van der Waals surface area contributed by atoms with Gasteiger partial charge in [-0.05, 0) is 28.1 Å². The number of piperazine rings is 1. The molecule has 0 atom stereocenters. The summed E-state index contributed by atoms with van der Waals surface area (Å²) in [5, 5.41) is 0. The Labute approximate surface area is 131 Å². The Morgan fingerprint density at radius 1 is 1.00 bits per heavy atom. The summed E-state index contributed by atoms with van der Waals surface area (Å²) in [6.07, 6.45) is 5.22. The SMILES string of the molecule is COc1cncc(N2CCN(c3ccc(Br)cn3)CC2)n1. The molecule has 0 radical (unpaired) electrons. The van der Waals surface area contributed by atoms with E-state index in [1.165, 1.54) is 0 Å². The van der Waals surface area contributed by atoms with Crippen molar-refractivity contribution in [2.45, 2.75) is 0 Å². The number of hydrogen-bond acceptors (Lipinski definition) is 6. The maximum atomic E-state index is 5.12. The van der Waals surface area contributed by atoms with Crippen LogP contribution in [0.3, 0.4) is 0 Å². The molecule has 0 spiro atoms. The zero-order valence-electron chi connectivity index (χ0n) is 11.7. The Hall–Kier alpha value is -1.89. The van der Waals surface area contributed by atoms with Gasteiger partial charge in [-0.1, -0.05) is 0 Å². The van der Waals surface area contributed by atoms with Gasteiger partial charge in [0, 0.05) is 36.8 Å². The number of anilines is 2. The zero-order chi connectivity index (χ0) is 14.7. The topological polar surface area (TPSA) is 54.4 Å². The van der Waals surface area contributed by atoms with Gasteiger partial charge in [-0.15, -0.1) is 0 Å². The minimum atomic E-state index is 0.546. The van der Waals surface area contributed by atoms with Gasteiger partial charge in [0.1, 0.15) is 5.82 Å². The first kappa shape index (κ1) is 14.1. The van der Waals surface area contributed by atoms with E-state index in [0.29, 0.717) is 5.88 Å². The van der Waals surface area contributed by atoms with Crippen molar-refractivity contribution in [1.29, 1.82) is 0 Å². The Bertz CT molecular complexity index is 599. The summed E-state index contributed by atoms with van der Waals surface area (Å²) in [7, 11) is 1.60. The molecule has 0 amide bonds. The van der Waals surface area contributed by atoms with Gasteiger partial charge in [0.25, 0.3) is 0 Å². The number of rotatable bonds is 3. The summed E-state index contributed by atoms with van der Waals surface area (Å²) in [6.45, 7) is 3.60. The summed E-state index contributed by atoms with van der Waals surface area (Å²) in [6, 6.07) is 4.05. The smallest absolute Gasteiger partial charge is 0.233 e. The van der Waals surface area contributed by atoms with Crippen molar-refractivity contribution in [3.8, 4) is 5.88 Å². The van der Waals surface area contributed by atoms with E-state index in [-0.39, 0.29) is 0 Å². The first-order valence-electron chi connectivity index (χ1n) is 6.74. The van der Waals surface area contributed by atoms with Crippen LogP contribution in [0.15, 0.2) is 35.2 Å². The second-order valence-electron chi connectivity index (χ2n) is 4.73. The summed E-state index contributed by atoms with van der Waals surface area (Å²) >= 11 is 3.41. The standard InChI is InChI=1S/C14H16BrN5O/c1-21-14-10-16-9-13(18-14)20-6-4-19(5-7-20)12-3-2-11(15)8-17-12/h2-3,8-10H,4-7H2,1H3. The monoisotopic (exact) mass is 349 g/mol. The molecule has 1 saturated heterocycles. The van der Waals surface area contributed by atoms with Crippen molar-refractivity contribution >= 4 is 27.6 Å². The molecule has 0 bridgehead atoms. The predicted octanol–water partition coefficient (Wildman–Crippen LogP) is 1.97. The fraction of sp³-hybridized carbons (Fsp3) is 0.357. The number of methoxy groups -OCH3 is 1. The largest absolute Gasteiger partial charge is 0.480 e. The maximum absolute atomic E-state index is 5.12. The molecule has 7 heteroatoms. The molecule has 2 aromatic rings. The number of aromatic nitrogens is 3. The molecule has 0 saturated carbocycles. The first-order valence-corrected chi connectivity index (χ1v) is 7.53. The number of ether oxygens (including phenoxy) is 1. The van der Waals surface area contributed by atoms with E-state index in [2.05, 4.69) is 40.7 Å². The van der Waals surface area contributed by atoms with Crippen LogP contribution >= 0.6 is 15.9 Å². The number of pyridine rings is 1. The van der Waals surface area contributed by atoms with Crippen LogP contribution in [-0.4, -0.2) is 48.2 Å². The van der Waals surface area contributed by atoms with Crippen molar-refractivity contribution in [1.82, 2.24) is 15.0 Å². The lowest BCUT2D eigenvalue weighted by Crippen LogP contribution is -2.47. The van der Waals surface area contributed by atoms with Gasteiger partial charge in [0.2, 0.25) is 5.88 Å². The van der Waals surface area contributed by atoms with Gasteiger partial charge in [-0.2, -0.15) is 4.98 Å². The van der Waals surface area contributed by atoms with E-state index in [1.807, 2.05) is 18.3 Å². The van der Waals surface area contributed by atoms with Gasteiger partial charge in [0.05, 0.1) is 19.5 Å². The number of nitrogens with zero attached hydrogens (tertiary/aromatic N) is 5. The molecule has 6 nitrogen and oxygen atoms in total. The molecule has 21 heavy (non-hydrogen) atoms. The van der Waals surface area contributed by atoms with E-state index < -0.39 is 0 Å². The van der Waals surface area contributed by atoms with Crippen LogP contribution in [0, 0.1) is 0 Å². The van der Waals surface area contributed by atoms with Crippen LogP contribution in [0.4, 0.5) is 11.6 Å². The third-order valence-electron chi connectivity index (χ3n) is 3.45. The molecule has 3 heterocycles. The lowest BCUT2D eigenvalue weighted by Gasteiger charge is -2.35. The van der Waals surface area contributed by atoms with Crippen molar-refractivity contribution in [2.75, 3.05) is 43.1 Å². The summed E-state index contributed by atoms with van der Waals surface area (Å²) in [5.74, 6) is 2.41. The summed E-state index contributed by atoms with van der Waals surface area (Å²) in [5.41, 5.74) is 0. The molecular formula is C14H16BrN5O. The third-order valence-corrected chi connectivity index (χ3v) is 3.92. The van der Waals surface area contributed by atoms with Gasteiger partial charge in [0.15, 0.2) is 5.82 Å². The van der Waals surface area contributed by atoms with Gasteiger partial charge < -0.3 is 14.5 Å². The minimum Gasteiger partial charge on any atom is -0.480 e. The average Bonchev–Trinajstić information content (AvgIpc) is 2.56. The maximum Gasteiger partial charge on any atom is 0.233 e. The molecule has 0 N–H and O–H groups in total. The lowest BCUT2D eigenvalue weighted by molar-refractivity contribution is 0.395. The van der Waals surface area contributed by atoms with Gasteiger partial charge in [-0.3, -0.25) is 4.98 Å². The molecule has 1 aliphatic rings. The van der Waals surface area contributed by atoms with Gasteiger partial charge in [-0.25, -0.2) is 4.98 Å². The molecular weight excluding hydrogens is 334 g/mol. The van der Waals surface area contributed by atoms with Crippen LogP contribution < -0.4 is 14.5 Å². The first-order chi connectivity index (χ1) is 10.3. The second kappa shape index (κ2) is 6.26. The summed E-state index contributed by atoms with van der Waals surface area (Å²) in [4.78, 5) is 17.5. The van der Waals surface area contributed by atoms with Crippen LogP contribution in [-0.2, 0) is 0 Å². The molecule has 0 aliphatic carbocycles. The fourth-order valence-electron chi connectivity index (χ4n) is 2.31. The molecule has 110 valence electrons. The highest BCUT2D eigenvalue weighted by Gasteiger charge is 2.19. The Balaban J connectivity index is 1.65. The lowest BCUT2D eigenvalue weighted by atomic mass is 10.3. The van der Waals surface area contributed by atoms with E-state index >= 15 is 0 Å². The zero-order valence-corrected chi connectivity index (χ0v) is 13.3. The highest BCUT2D eigenvalue weighted by atomic mass is 79.9. The van der Waals surface area contributed by atoms with Crippen molar-refractivity contribution < 1.29 is 4.74 Å². The number of hydrogen-bond donors (Lipinski definition) is 0. The van der Waals surface area contributed by atoms with E-state index in [4.69, 9.17) is 4.74 Å². The highest BCUT2D eigenvalue weighted by molar-refractivity contribution is 9.10. The van der Waals surface area contributed by atoms with Crippen molar-refractivity contribution in [2.24, 2.45) is 0 Å². The van der Waals surface area contributed by atoms with Crippen LogP contribution in [0.2, 0.25) is 0 Å². The Kier molecular flexibility index (Phi) is 4.19. The second-order valence-corrected chi connectivity index (χ2v) is 5.64. The van der Waals surface area contributed by atoms with E-state index in [0.717, 1.165) is 42.3 Å². The van der Waals surface area contributed by atoms with E-state index in [9.17, 15) is 0 Å². The van der Waals surface area contributed by atoms with Crippen LogP contribution in [0.1, 0.15) is 0 Å². The molecule has 3 rings (SSSR count). The van der Waals surface area contributed by atoms with Crippen molar-refractivity contribution in [3.63, 3.8) is 0 Å². The van der Waals surface area contributed by atoms with Crippen LogP contribution in [0.5, 0.6) is 5.88 Å². The molecule has 1 aliphatic heterocycles. The molecule has 0 unspecified atom stereocenters. The van der Waals surface area contributed by atoms with Crippen molar-refractivity contribution in [3.05, 3.63) is 35.2 Å². The Morgan fingerprint density at radius 3 is 2.33 bits per heavy atom. The average molecular weight is 350 g/mol. The molecule has 1 fully saturated rings. The quantitative estimate of drug-likeness (QED) is 0.844. The minimum absolute atomic E-state index is 0.546. The molecule has 2 aromatic heterocycles. The predicted molar refractivity (Wildman–Crippen MR) is 84.9 cm³/mol. The summed E-state index contributed by atoms with van der Waals surface area (Å²) < 4.78 is 6.12. The number of halogens is 1. The van der Waals surface area contributed by atoms with E-state index in [1.54, 1.807) is 19.5 Å². The fourth-order valence-corrected chi connectivity index (χ4v) is 2.54. The third kappa shape index (κ3) is 3.24. The Morgan fingerprint density at radius 2 is 1.71 bits per heavy atom.